The second kappa shape index (κ2) is 7.65. The zero-order chi connectivity index (χ0) is 14.4. The van der Waals surface area contributed by atoms with Crippen molar-refractivity contribution in [2.75, 3.05) is 26.2 Å². The van der Waals surface area contributed by atoms with Crippen molar-refractivity contribution in [2.45, 2.75) is 39.2 Å². The fourth-order valence-electron chi connectivity index (χ4n) is 3.08. The molecule has 3 nitrogen and oxygen atoms in total. The van der Waals surface area contributed by atoms with Crippen LogP contribution in [0.5, 0.6) is 5.75 Å². The molecule has 0 radical (unpaired) electrons. The number of nitrogens with zero attached hydrogens (tertiary/aromatic N) is 1. The summed E-state index contributed by atoms with van der Waals surface area (Å²) in [4.78, 5) is 2.50. The van der Waals surface area contributed by atoms with Gasteiger partial charge in [-0.1, -0.05) is 25.5 Å². The van der Waals surface area contributed by atoms with Crippen LogP contribution >= 0.6 is 0 Å². The number of hydrogen-bond donors (Lipinski definition) is 1. The minimum absolute atomic E-state index is 0.537. The Bertz CT molecular complexity index is 408. The second-order valence-electron chi connectivity index (χ2n) is 5.89. The maximum atomic E-state index is 5.93. The molecule has 1 heterocycles. The Balaban J connectivity index is 1.78. The van der Waals surface area contributed by atoms with Crippen molar-refractivity contribution in [1.29, 1.82) is 0 Å². The standard InChI is InChI=1S/C17H28N2O/c1-3-15-7-8-19(16(12-15)13-18)9-10-20-17-6-4-5-14(2)11-17/h4-6,11,15-16H,3,7-10,12-13,18H2,1-2H3. The Kier molecular flexibility index (Phi) is 5.86. The number of nitrogens with two attached hydrogens (primary N) is 1. The summed E-state index contributed by atoms with van der Waals surface area (Å²) in [7, 11) is 0. The quantitative estimate of drug-likeness (QED) is 0.868. The van der Waals surface area contributed by atoms with Crippen molar-refractivity contribution in [1.82, 2.24) is 4.90 Å². The van der Waals surface area contributed by atoms with Crippen molar-refractivity contribution in [3.05, 3.63) is 29.8 Å². The monoisotopic (exact) mass is 276 g/mol. The maximum Gasteiger partial charge on any atom is 0.119 e. The van der Waals surface area contributed by atoms with Crippen LogP contribution in [0.3, 0.4) is 0 Å². The van der Waals surface area contributed by atoms with E-state index < -0.39 is 0 Å². The molecule has 1 fully saturated rings. The van der Waals surface area contributed by atoms with E-state index in [9.17, 15) is 0 Å². The van der Waals surface area contributed by atoms with Gasteiger partial charge in [0.2, 0.25) is 0 Å². The van der Waals surface area contributed by atoms with Gasteiger partial charge in [-0.25, -0.2) is 0 Å². The Hall–Kier alpha value is -1.06. The number of benzene rings is 1. The number of likely N-dealkylation sites (tertiary alicyclic amines) is 1. The van der Waals surface area contributed by atoms with Crippen LogP contribution in [0.1, 0.15) is 31.7 Å². The molecule has 0 amide bonds. The summed E-state index contributed by atoms with van der Waals surface area (Å²) in [5, 5.41) is 0. The van der Waals surface area contributed by atoms with Crippen LogP contribution in [0.15, 0.2) is 24.3 Å². The number of rotatable bonds is 6. The van der Waals surface area contributed by atoms with E-state index in [0.29, 0.717) is 6.04 Å². The number of hydrogen-bond acceptors (Lipinski definition) is 3. The number of aryl methyl sites for hydroxylation is 1. The van der Waals surface area contributed by atoms with Crippen molar-refractivity contribution in [3.63, 3.8) is 0 Å². The van der Waals surface area contributed by atoms with Gasteiger partial charge < -0.3 is 10.5 Å². The van der Waals surface area contributed by atoms with Crippen LogP contribution in [0.2, 0.25) is 0 Å². The number of piperidine rings is 1. The first-order valence-corrected chi connectivity index (χ1v) is 7.86. The molecule has 0 spiro atoms. The van der Waals surface area contributed by atoms with E-state index in [-0.39, 0.29) is 0 Å². The summed E-state index contributed by atoms with van der Waals surface area (Å²) in [6.07, 6.45) is 3.83. The third kappa shape index (κ3) is 4.22. The molecule has 0 aliphatic carbocycles. The zero-order valence-electron chi connectivity index (χ0n) is 12.8. The second-order valence-corrected chi connectivity index (χ2v) is 5.89. The number of ether oxygens (including phenoxy) is 1. The Morgan fingerprint density at radius 1 is 1.40 bits per heavy atom. The van der Waals surface area contributed by atoms with Crippen LogP contribution in [0, 0.1) is 12.8 Å². The lowest BCUT2D eigenvalue weighted by atomic mass is 9.89. The van der Waals surface area contributed by atoms with Gasteiger partial charge in [-0.2, -0.15) is 0 Å². The molecular weight excluding hydrogens is 248 g/mol. The highest BCUT2D eigenvalue weighted by atomic mass is 16.5. The van der Waals surface area contributed by atoms with E-state index in [2.05, 4.69) is 30.9 Å². The third-order valence-electron chi connectivity index (χ3n) is 4.43. The van der Waals surface area contributed by atoms with Gasteiger partial charge in [-0.3, -0.25) is 4.90 Å². The van der Waals surface area contributed by atoms with Gasteiger partial charge in [0.1, 0.15) is 12.4 Å². The van der Waals surface area contributed by atoms with Crippen LogP contribution in [0.4, 0.5) is 0 Å². The van der Waals surface area contributed by atoms with Gasteiger partial charge in [-0.05, 0) is 49.9 Å². The van der Waals surface area contributed by atoms with Gasteiger partial charge in [-0.15, -0.1) is 0 Å². The molecule has 1 aliphatic rings. The summed E-state index contributed by atoms with van der Waals surface area (Å²) < 4.78 is 5.85. The van der Waals surface area contributed by atoms with Gasteiger partial charge in [0.25, 0.3) is 0 Å². The average molecular weight is 276 g/mol. The maximum absolute atomic E-state index is 5.93. The van der Waals surface area contributed by atoms with Crippen molar-refractivity contribution < 1.29 is 4.74 Å². The van der Waals surface area contributed by atoms with Crippen LogP contribution in [-0.2, 0) is 0 Å². The highest BCUT2D eigenvalue weighted by Gasteiger charge is 2.26. The van der Waals surface area contributed by atoms with Gasteiger partial charge in [0.05, 0.1) is 0 Å². The first kappa shape index (κ1) is 15.3. The molecule has 0 saturated carbocycles. The predicted octanol–water partition coefficient (Wildman–Crippen LogP) is 2.82. The first-order chi connectivity index (χ1) is 9.72. The van der Waals surface area contributed by atoms with Crippen LogP contribution < -0.4 is 10.5 Å². The van der Waals surface area contributed by atoms with Crippen LogP contribution in [0.25, 0.3) is 0 Å². The normalized spacial score (nSPS) is 23.8. The smallest absolute Gasteiger partial charge is 0.119 e. The minimum Gasteiger partial charge on any atom is -0.492 e. The minimum atomic E-state index is 0.537. The van der Waals surface area contributed by atoms with E-state index in [0.717, 1.165) is 37.9 Å². The molecule has 1 aliphatic heterocycles. The Morgan fingerprint density at radius 2 is 2.25 bits per heavy atom. The Morgan fingerprint density at radius 3 is 2.95 bits per heavy atom. The van der Waals surface area contributed by atoms with Gasteiger partial charge in [0.15, 0.2) is 0 Å². The van der Waals surface area contributed by atoms with Gasteiger partial charge in [0, 0.05) is 19.1 Å². The molecule has 2 atom stereocenters. The Labute approximate surface area is 123 Å². The average Bonchev–Trinajstić information content (AvgIpc) is 2.47. The third-order valence-corrected chi connectivity index (χ3v) is 4.43. The highest BCUT2D eigenvalue weighted by molar-refractivity contribution is 5.27. The molecule has 2 unspecified atom stereocenters. The lowest BCUT2D eigenvalue weighted by Gasteiger charge is -2.38. The van der Waals surface area contributed by atoms with E-state index in [4.69, 9.17) is 10.5 Å². The molecule has 112 valence electrons. The van der Waals surface area contributed by atoms with Crippen molar-refractivity contribution in [2.24, 2.45) is 11.7 Å². The summed E-state index contributed by atoms with van der Waals surface area (Å²) >= 11 is 0. The molecule has 3 heteroatoms. The van der Waals surface area contributed by atoms with Crippen LogP contribution in [-0.4, -0.2) is 37.2 Å². The fraction of sp³-hybridized carbons (Fsp3) is 0.647. The molecule has 1 aromatic carbocycles. The van der Waals surface area contributed by atoms with E-state index in [1.165, 1.54) is 24.8 Å². The van der Waals surface area contributed by atoms with Crippen molar-refractivity contribution >= 4 is 0 Å². The molecule has 20 heavy (non-hydrogen) atoms. The van der Waals surface area contributed by atoms with E-state index in [1.54, 1.807) is 0 Å². The van der Waals surface area contributed by atoms with Crippen molar-refractivity contribution in [3.8, 4) is 5.75 Å². The van der Waals surface area contributed by atoms with Gasteiger partial charge >= 0.3 is 0 Å². The molecule has 1 saturated heterocycles. The SMILES string of the molecule is CCC1CCN(CCOc2cccc(C)c2)C(CN)C1. The lowest BCUT2D eigenvalue weighted by Crippen LogP contribution is -2.48. The first-order valence-electron chi connectivity index (χ1n) is 7.86. The molecular formula is C17H28N2O. The molecule has 0 bridgehead atoms. The van der Waals surface area contributed by atoms with E-state index in [1.807, 2.05) is 12.1 Å². The summed E-state index contributed by atoms with van der Waals surface area (Å²) in [6.45, 7) is 8.03. The topological polar surface area (TPSA) is 38.5 Å². The fourth-order valence-corrected chi connectivity index (χ4v) is 3.08. The molecule has 1 aromatic rings. The zero-order valence-corrected chi connectivity index (χ0v) is 12.8. The molecule has 0 aromatic heterocycles. The largest absolute Gasteiger partial charge is 0.492 e. The summed E-state index contributed by atoms with van der Waals surface area (Å²) in [5.41, 5.74) is 7.17. The van der Waals surface area contributed by atoms with E-state index >= 15 is 0 Å². The highest BCUT2D eigenvalue weighted by Crippen LogP contribution is 2.24. The predicted molar refractivity (Wildman–Crippen MR) is 84.1 cm³/mol. The molecule has 2 rings (SSSR count). The molecule has 2 N–H and O–H groups in total. The summed E-state index contributed by atoms with van der Waals surface area (Å²) in [5.74, 6) is 1.83. The lowest BCUT2D eigenvalue weighted by molar-refractivity contribution is 0.0969. The summed E-state index contributed by atoms with van der Waals surface area (Å²) in [6, 6.07) is 8.78.